The van der Waals surface area contributed by atoms with Crippen LogP contribution in [0.15, 0.2) is 52.7 Å². The standard InChI is InChI=1S/C15H10N2O4/c16-9-11(8-13-2-1-7-21-13)14(18)17-12-5-3-10(4-6-12)15(19)20/h1-8H,(H,17,18)(H,19,20)/p-1/b11-8+. The molecule has 2 rings (SSSR count). The minimum atomic E-state index is -1.30. The van der Waals surface area contributed by atoms with Crippen molar-refractivity contribution < 1.29 is 19.1 Å². The second-order valence-corrected chi connectivity index (χ2v) is 4.00. The normalized spacial score (nSPS) is 10.7. The van der Waals surface area contributed by atoms with E-state index < -0.39 is 11.9 Å². The van der Waals surface area contributed by atoms with Crippen molar-refractivity contribution in [1.29, 1.82) is 5.26 Å². The van der Waals surface area contributed by atoms with Crippen LogP contribution in [0.2, 0.25) is 0 Å². The van der Waals surface area contributed by atoms with Gasteiger partial charge in [-0.3, -0.25) is 4.79 Å². The number of carbonyl (C=O) groups is 2. The number of rotatable bonds is 4. The van der Waals surface area contributed by atoms with E-state index in [1.165, 1.54) is 36.6 Å². The average molecular weight is 281 g/mol. The fourth-order valence-corrected chi connectivity index (χ4v) is 1.55. The molecule has 2 aromatic rings. The molecule has 1 aromatic carbocycles. The van der Waals surface area contributed by atoms with E-state index in [1.807, 2.05) is 0 Å². The van der Waals surface area contributed by atoms with Crippen molar-refractivity contribution in [3.63, 3.8) is 0 Å². The fraction of sp³-hybridized carbons (Fsp3) is 0. The van der Waals surface area contributed by atoms with E-state index in [-0.39, 0.29) is 11.1 Å². The third kappa shape index (κ3) is 3.58. The molecule has 0 saturated carbocycles. The molecule has 0 bridgehead atoms. The Kier molecular flexibility index (Phi) is 4.17. The SMILES string of the molecule is N#C/C(=C\c1ccco1)C(=O)Nc1ccc(C(=O)[O-])cc1. The minimum absolute atomic E-state index is 0.000340. The van der Waals surface area contributed by atoms with Gasteiger partial charge in [0, 0.05) is 11.8 Å². The first kappa shape index (κ1) is 14.1. The number of carboxylic acids is 1. The van der Waals surface area contributed by atoms with E-state index in [2.05, 4.69) is 5.32 Å². The zero-order chi connectivity index (χ0) is 15.2. The Morgan fingerprint density at radius 3 is 2.48 bits per heavy atom. The van der Waals surface area contributed by atoms with E-state index in [0.717, 1.165) is 0 Å². The lowest BCUT2D eigenvalue weighted by Gasteiger charge is -2.06. The lowest BCUT2D eigenvalue weighted by atomic mass is 10.2. The van der Waals surface area contributed by atoms with Gasteiger partial charge in [0.05, 0.1) is 12.2 Å². The molecular weight excluding hydrogens is 272 g/mol. The number of carboxylic acid groups (broad SMARTS) is 1. The van der Waals surface area contributed by atoms with E-state index in [0.29, 0.717) is 11.4 Å². The van der Waals surface area contributed by atoms with Gasteiger partial charge in [-0.1, -0.05) is 12.1 Å². The summed E-state index contributed by atoms with van der Waals surface area (Å²) >= 11 is 0. The highest BCUT2D eigenvalue weighted by atomic mass is 16.4. The van der Waals surface area contributed by atoms with Crippen LogP contribution in [0.5, 0.6) is 0 Å². The predicted octanol–water partition coefficient (Wildman–Crippen LogP) is 1.19. The highest BCUT2D eigenvalue weighted by Crippen LogP contribution is 2.12. The molecule has 1 heterocycles. The molecule has 0 fully saturated rings. The number of nitriles is 1. The second kappa shape index (κ2) is 6.21. The number of aromatic carboxylic acids is 1. The summed E-state index contributed by atoms with van der Waals surface area (Å²) in [4.78, 5) is 22.5. The molecule has 0 aliphatic rings. The van der Waals surface area contributed by atoms with Crippen LogP contribution in [0, 0.1) is 11.3 Å². The van der Waals surface area contributed by atoms with Crippen LogP contribution in [-0.2, 0) is 4.79 Å². The van der Waals surface area contributed by atoms with E-state index in [1.54, 1.807) is 18.2 Å². The largest absolute Gasteiger partial charge is 0.545 e. The Hall–Kier alpha value is -3.33. The number of benzene rings is 1. The Morgan fingerprint density at radius 2 is 1.95 bits per heavy atom. The van der Waals surface area contributed by atoms with Crippen LogP contribution in [0.4, 0.5) is 5.69 Å². The van der Waals surface area contributed by atoms with Gasteiger partial charge in [0.25, 0.3) is 5.91 Å². The maximum absolute atomic E-state index is 11.9. The first-order valence-corrected chi connectivity index (χ1v) is 5.88. The highest BCUT2D eigenvalue weighted by Gasteiger charge is 2.10. The molecule has 6 heteroatoms. The van der Waals surface area contributed by atoms with E-state index in [9.17, 15) is 14.7 Å². The maximum atomic E-state index is 11.9. The number of nitrogens with zero attached hydrogens (tertiary/aromatic N) is 1. The Labute approximate surface area is 119 Å². The van der Waals surface area contributed by atoms with Gasteiger partial charge >= 0.3 is 0 Å². The number of carbonyl (C=O) groups excluding carboxylic acids is 2. The van der Waals surface area contributed by atoms with Gasteiger partial charge < -0.3 is 19.6 Å². The maximum Gasteiger partial charge on any atom is 0.266 e. The van der Waals surface area contributed by atoms with Crippen molar-refractivity contribution in [3.05, 3.63) is 59.6 Å². The Balaban J connectivity index is 2.13. The van der Waals surface area contributed by atoms with Gasteiger partial charge in [0.2, 0.25) is 0 Å². The van der Waals surface area contributed by atoms with Crippen molar-refractivity contribution in [3.8, 4) is 6.07 Å². The fourth-order valence-electron chi connectivity index (χ4n) is 1.55. The van der Waals surface area contributed by atoms with Crippen LogP contribution in [-0.4, -0.2) is 11.9 Å². The number of amides is 1. The van der Waals surface area contributed by atoms with Crippen molar-refractivity contribution in [2.75, 3.05) is 5.32 Å². The summed E-state index contributed by atoms with van der Waals surface area (Å²) < 4.78 is 5.03. The second-order valence-electron chi connectivity index (χ2n) is 4.00. The molecule has 104 valence electrons. The third-order valence-electron chi connectivity index (χ3n) is 2.57. The molecule has 0 spiro atoms. The zero-order valence-electron chi connectivity index (χ0n) is 10.7. The topological polar surface area (TPSA) is 106 Å². The molecule has 0 aliphatic heterocycles. The lowest BCUT2D eigenvalue weighted by molar-refractivity contribution is -0.255. The Bertz CT molecular complexity index is 722. The molecule has 0 aliphatic carbocycles. The number of hydrogen-bond donors (Lipinski definition) is 1. The van der Waals surface area contributed by atoms with E-state index >= 15 is 0 Å². The molecule has 0 unspecified atom stereocenters. The van der Waals surface area contributed by atoms with Crippen molar-refractivity contribution >= 4 is 23.6 Å². The molecule has 0 radical (unpaired) electrons. The van der Waals surface area contributed by atoms with E-state index in [4.69, 9.17) is 9.68 Å². The smallest absolute Gasteiger partial charge is 0.266 e. The van der Waals surface area contributed by atoms with Crippen LogP contribution >= 0.6 is 0 Å². The van der Waals surface area contributed by atoms with Gasteiger partial charge in [0.15, 0.2) is 0 Å². The molecule has 1 N–H and O–H groups in total. The molecule has 0 saturated heterocycles. The summed E-state index contributed by atoms with van der Waals surface area (Å²) in [5.74, 6) is -1.53. The molecular formula is C15H9N2O4-. The summed E-state index contributed by atoms with van der Waals surface area (Å²) in [6, 6.07) is 10.4. The van der Waals surface area contributed by atoms with Gasteiger partial charge in [-0.2, -0.15) is 5.26 Å². The van der Waals surface area contributed by atoms with Crippen LogP contribution < -0.4 is 10.4 Å². The first-order chi connectivity index (χ1) is 10.1. The zero-order valence-corrected chi connectivity index (χ0v) is 10.7. The first-order valence-electron chi connectivity index (χ1n) is 5.88. The van der Waals surface area contributed by atoms with Crippen LogP contribution in [0.25, 0.3) is 6.08 Å². The number of nitrogens with one attached hydrogen (secondary N) is 1. The third-order valence-corrected chi connectivity index (χ3v) is 2.57. The summed E-state index contributed by atoms with van der Waals surface area (Å²) in [6.45, 7) is 0. The lowest BCUT2D eigenvalue weighted by Crippen LogP contribution is -2.22. The van der Waals surface area contributed by atoms with Gasteiger partial charge in [-0.05, 0) is 29.8 Å². The Morgan fingerprint density at radius 1 is 1.24 bits per heavy atom. The average Bonchev–Trinajstić information content (AvgIpc) is 2.98. The number of anilines is 1. The number of hydrogen-bond acceptors (Lipinski definition) is 5. The van der Waals surface area contributed by atoms with Crippen molar-refractivity contribution in [2.45, 2.75) is 0 Å². The highest BCUT2D eigenvalue weighted by molar-refractivity contribution is 6.09. The monoisotopic (exact) mass is 281 g/mol. The summed E-state index contributed by atoms with van der Waals surface area (Å²) in [6.07, 6.45) is 2.74. The van der Waals surface area contributed by atoms with Crippen LogP contribution in [0.3, 0.4) is 0 Å². The molecule has 1 amide bonds. The summed E-state index contributed by atoms with van der Waals surface area (Å²) in [5.41, 5.74) is 0.235. The molecule has 0 atom stereocenters. The molecule has 6 nitrogen and oxygen atoms in total. The quantitative estimate of drug-likeness (QED) is 0.669. The van der Waals surface area contributed by atoms with Crippen molar-refractivity contribution in [2.24, 2.45) is 0 Å². The van der Waals surface area contributed by atoms with Gasteiger partial charge in [-0.25, -0.2) is 0 Å². The number of furan rings is 1. The van der Waals surface area contributed by atoms with Crippen molar-refractivity contribution in [1.82, 2.24) is 0 Å². The summed E-state index contributed by atoms with van der Waals surface area (Å²) in [5, 5.41) is 22.1. The molecule has 21 heavy (non-hydrogen) atoms. The minimum Gasteiger partial charge on any atom is -0.545 e. The molecule has 1 aromatic heterocycles. The predicted molar refractivity (Wildman–Crippen MR) is 71.7 cm³/mol. The van der Waals surface area contributed by atoms with Gasteiger partial charge in [-0.15, -0.1) is 0 Å². The summed E-state index contributed by atoms with van der Waals surface area (Å²) in [7, 11) is 0. The van der Waals surface area contributed by atoms with Crippen LogP contribution in [0.1, 0.15) is 16.1 Å². The van der Waals surface area contributed by atoms with Gasteiger partial charge in [0.1, 0.15) is 17.4 Å².